The molecule has 0 aliphatic carbocycles. The molecule has 5 rings (SSSR count). The number of rotatable bonds is 4. The van der Waals surface area contributed by atoms with Crippen molar-refractivity contribution in [1.82, 2.24) is 29.9 Å². The van der Waals surface area contributed by atoms with Crippen molar-refractivity contribution < 1.29 is 9.18 Å². The first-order valence-corrected chi connectivity index (χ1v) is 12.2. The van der Waals surface area contributed by atoms with Gasteiger partial charge in [0.05, 0.1) is 6.54 Å². The van der Waals surface area contributed by atoms with Crippen LogP contribution in [0.25, 0.3) is 11.2 Å². The number of piperidine rings is 1. The van der Waals surface area contributed by atoms with E-state index in [1.807, 2.05) is 0 Å². The summed E-state index contributed by atoms with van der Waals surface area (Å²) < 4.78 is 15.3. The minimum absolute atomic E-state index is 0.0617. The molecule has 8 nitrogen and oxygen atoms in total. The van der Waals surface area contributed by atoms with Crippen LogP contribution in [0.2, 0.25) is 0 Å². The molecule has 1 atom stereocenters. The van der Waals surface area contributed by atoms with E-state index in [9.17, 15) is 14.0 Å². The molecule has 0 saturated carbocycles. The highest BCUT2D eigenvalue weighted by Crippen LogP contribution is 2.26. The van der Waals surface area contributed by atoms with Crippen molar-refractivity contribution in [1.29, 1.82) is 0 Å². The van der Waals surface area contributed by atoms with E-state index in [4.69, 9.17) is 4.98 Å². The molecule has 0 radical (unpaired) electrons. The molecule has 3 heterocycles. The first-order valence-electron chi connectivity index (χ1n) is 12.2. The van der Waals surface area contributed by atoms with Gasteiger partial charge in [-0.05, 0) is 47.6 Å². The van der Waals surface area contributed by atoms with Gasteiger partial charge >= 0.3 is 0 Å². The summed E-state index contributed by atoms with van der Waals surface area (Å²) >= 11 is 0. The molecule has 0 bridgehead atoms. The third-order valence-corrected chi connectivity index (χ3v) is 6.71. The Morgan fingerprint density at radius 1 is 1.17 bits per heavy atom. The Morgan fingerprint density at radius 2 is 1.94 bits per heavy atom. The second kappa shape index (κ2) is 9.29. The van der Waals surface area contributed by atoms with E-state index in [1.165, 1.54) is 23.8 Å². The Balaban J connectivity index is 1.40. The number of hydrogen-bond donors (Lipinski definition) is 1. The Morgan fingerprint density at radius 3 is 2.67 bits per heavy atom. The highest BCUT2D eigenvalue weighted by Gasteiger charge is 2.28. The van der Waals surface area contributed by atoms with Crippen LogP contribution >= 0.6 is 0 Å². The molecule has 4 aromatic rings. The molecule has 2 aromatic heterocycles. The molecule has 1 N–H and O–H groups in total. The quantitative estimate of drug-likeness (QED) is 0.468. The zero-order valence-corrected chi connectivity index (χ0v) is 20.7. The lowest BCUT2D eigenvalue weighted by Gasteiger charge is -2.32. The number of aromatic amines is 1. The Hall–Kier alpha value is -3.88. The van der Waals surface area contributed by atoms with Crippen molar-refractivity contribution in [2.45, 2.75) is 51.5 Å². The third kappa shape index (κ3) is 4.78. The summed E-state index contributed by atoms with van der Waals surface area (Å²) in [6.45, 7) is 7.90. The second-order valence-corrected chi connectivity index (χ2v) is 10.4. The van der Waals surface area contributed by atoms with Crippen molar-refractivity contribution in [3.8, 4) is 0 Å². The van der Waals surface area contributed by atoms with Crippen LogP contribution < -0.4 is 5.56 Å². The average Bonchev–Trinajstić information content (AvgIpc) is 3.26. The lowest BCUT2D eigenvalue weighted by Crippen LogP contribution is -2.40. The number of halogens is 1. The molecule has 1 aliphatic rings. The van der Waals surface area contributed by atoms with Gasteiger partial charge in [0, 0.05) is 24.6 Å². The number of fused-ring (bicyclic) bond motifs is 1. The summed E-state index contributed by atoms with van der Waals surface area (Å²) in [5, 5.41) is 8.24. The van der Waals surface area contributed by atoms with Gasteiger partial charge in [-0.1, -0.05) is 56.3 Å². The maximum Gasteiger partial charge on any atom is 0.281 e. The minimum Gasteiger partial charge on any atom is -0.338 e. The van der Waals surface area contributed by atoms with Crippen LogP contribution in [0, 0.1) is 5.82 Å². The Kier molecular flexibility index (Phi) is 6.15. The monoisotopic (exact) mass is 488 g/mol. The van der Waals surface area contributed by atoms with E-state index < -0.39 is 5.82 Å². The molecule has 1 aliphatic heterocycles. The minimum atomic E-state index is -0.445. The molecule has 36 heavy (non-hydrogen) atoms. The fourth-order valence-electron chi connectivity index (χ4n) is 4.66. The molecule has 2 aromatic carbocycles. The van der Waals surface area contributed by atoms with Crippen LogP contribution in [0.15, 0.2) is 53.3 Å². The van der Waals surface area contributed by atoms with E-state index in [2.05, 4.69) is 60.3 Å². The molecular weight excluding hydrogens is 459 g/mol. The third-order valence-electron chi connectivity index (χ3n) is 6.71. The van der Waals surface area contributed by atoms with Crippen LogP contribution in [0.3, 0.4) is 0 Å². The molecule has 186 valence electrons. The maximum absolute atomic E-state index is 13.6. The van der Waals surface area contributed by atoms with E-state index in [0.29, 0.717) is 36.7 Å². The fraction of sp³-hybridized carbons (Fsp3) is 0.370. The standard InChI is InChI=1S/C27H29FN6O2/c1-27(2,3)20-11-9-17(10-12-20)15-34-24-22(31-32-34)25(35)30-23(29-24)19-7-5-13-33(16-19)26(36)18-6-4-8-21(28)14-18/h4,6,8-12,14,19H,5,7,13,15-16H2,1-3H3,(H,29,30,35)/t19-/m0/s1. The molecule has 0 spiro atoms. The van der Waals surface area contributed by atoms with Crippen LogP contribution in [-0.2, 0) is 12.0 Å². The first kappa shape index (κ1) is 23.8. The predicted molar refractivity (Wildman–Crippen MR) is 134 cm³/mol. The smallest absolute Gasteiger partial charge is 0.281 e. The number of carbonyl (C=O) groups is 1. The van der Waals surface area contributed by atoms with Crippen molar-refractivity contribution >= 4 is 17.1 Å². The summed E-state index contributed by atoms with van der Waals surface area (Å²) in [6, 6.07) is 14.0. The zero-order valence-electron chi connectivity index (χ0n) is 20.7. The van der Waals surface area contributed by atoms with Gasteiger partial charge in [0.2, 0.25) is 0 Å². The summed E-state index contributed by atoms with van der Waals surface area (Å²) in [4.78, 5) is 35.0. The van der Waals surface area contributed by atoms with Gasteiger partial charge in [-0.15, -0.1) is 5.10 Å². The first-order chi connectivity index (χ1) is 17.2. The fourth-order valence-corrected chi connectivity index (χ4v) is 4.66. The SMILES string of the molecule is CC(C)(C)c1ccc(Cn2nnc3c(=O)[nH]c([C@H]4CCCN(C(=O)c5cccc(F)c5)C4)nc32)cc1. The molecule has 1 amide bonds. The van der Waals surface area contributed by atoms with Gasteiger partial charge in [-0.2, -0.15) is 0 Å². The number of aromatic nitrogens is 5. The number of benzene rings is 2. The molecule has 0 unspecified atom stereocenters. The lowest BCUT2D eigenvalue weighted by atomic mass is 9.87. The number of H-pyrrole nitrogens is 1. The molecule has 9 heteroatoms. The van der Waals surface area contributed by atoms with E-state index in [0.717, 1.165) is 18.4 Å². The van der Waals surface area contributed by atoms with Gasteiger partial charge in [-0.3, -0.25) is 9.59 Å². The zero-order chi connectivity index (χ0) is 25.4. The highest BCUT2D eigenvalue weighted by molar-refractivity contribution is 5.94. The summed E-state index contributed by atoms with van der Waals surface area (Å²) in [7, 11) is 0. The topological polar surface area (TPSA) is 96.8 Å². The van der Waals surface area contributed by atoms with Crippen molar-refractivity contribution in [2.24, 2.45) is 0 Å². The van der Waals surface area contributed by atoms with E-state index >= 15 is 0 Å². The lowest BCUT2D eigenvalue weighted by molar-refractivity contribution is 0.0704. The normalized spacial score (nSPS) is 16.4. The molecular formula is C27H29FN6O2. The van der Waals surface area contributed by atoms with Gasteiger partial charge in [0.25, 0.3) is 11.5 Å². The van der Waals surface area contributed by atoms with Crippen molar-refractivity contribution in [2.75, 3.05) is 13.1 Å². The van der Waals surface area contributed by atoms with Crippen LogP contribution in [0.5, 0.6) is 0 Å². The van der Waals surface area contributed by atoms with Crippen LogP contribution in [0.1, 0.15) is 66.8 Å². The predicted octanol–water partition coefficient (Wildman–Crippen LogP) is 4.02. The van der Waals surface area contributed by atoms with E-state index in [1.54, 1.807) is 15.6 Å². The Labute approximate surface area is 208 Å². The maximum atomic E-state index is 13.6. The van der Waals surface area contributed by atoms with Gasteiger partial charge in [0.1, 0.15) is 11.6 Å². The van der Waals surface area contributed by atoms with Crippen molar-refractivity contribution in [3.63, 3.8) is 0 Å². The largest absolute Gasteiger partial charge is 0.338 e. The number of amides is 1. The number of nitrogens with zero attached hydrogens (tertiary/aromatic N) is 5. The van der Waals surface area contributed by atoms with Gasteiger partial charge in [0.15, 0.2) is 11.2 Å². The number of nitrogens with one attached hydrogen (secondary N) is 1. The van der Waals surface area contributed by atoms with E-state index in [-0.39, 0.29) is 28.3 Å². The summed E-state index contributed by atoms with van der Waals surface area (Å²) in [5.74, 6) is -0.314. The number of carbonyl (C=O) groups excluding carboxylic acids is 1. The van der Waals surface area contributed by atoms with Crippen molar-refractivity contribution in [3.05, 3.63) is 87.2 Å². The number of hydrogen-bond acceptors (Lipinski definition) is 5. The Bertz CT molecular complexity index is 1470. The van der Waals surface area contributed by atoms with Crippen LogP contribution in [-0.4, -0.2) is 48.9 Å². The van der Waals surface area contributed by atoms with Gasteiger partial charge in [-0.25, -0.2) is 14.1 Å². The van der Waals surface area contributed by atoms with Gasteiger partial charge < -0.3 is 9.88 Å². The summed E-state index contributed by atoms with van der Waals surface area (Å²) in [6.07, 6.45) is 1.53. The highest BCUT2D eigenvalue weighted by atomic mass is 19.1. The average molecular weight is 489 g/mol. The molecule has 1 saturated heterocycles. The summed E-state index contributed by atoms with van der Waals surface area (Å²) in [5.41, 5.74) is 2.90. The number of likely N-dealkylation sites (tertiary alicyclic amines) is 1. The molecule has 1 fully saturated rings. The van der Waals surface area contributed by atoms with Crippen LogP contribution in [0.4, 0.5) is 4.39 Å². The second-order valence-electron chi connectivity index (χ2n) is 10.4.